The average molecular weight is 296 g/mol. The zero-order chi connectivity index (χ0) is 15.5. The molecule has 3 rings (SSSR count). The number of carbonyl (C=O) groups excluding carboxylic acids is 1. The van der Waals surface area contributed by atoms with Gasteiger partial charge in [-0.3, -0.25) is 4.68 Å². The van der Waals surface area contributed by atoms with E-state index in [0.29, 0.717) is 12.1 Å². The van der Waals surface area contributed by atoms with Gasteiger partial charge in [0.05, 0.1) is 31.8 Å². The summed E-state index contributed by atoms with van der Waals surface area (Å²) in [5, 5.41) is 5.30. The SMILES string of the molecule is COC(=O)c1cccc2nn(Cc3ccc(OC)cc3)cc12. The third kappa shape index (κ3) is 2.65. The summed E-state index contributed by atoms with van der Waals surface area (Å²) < 4.78 is 11.8. The summed E-state index contributed by atoms with van der Waals surface area (Å²) in [7, 11) is 3.02. The molecule has 0 spiro atoms. The topological polar surface area (TPSA) is 53.3 Å². The molecule has 0 aliphatic carbocycles. The molecule has 0 atom stereocenters. The van der Waals surface area contributed by atoms with Crippen molar-refractivity contribution in [2.75, 3.05) is 14.2 Å². The molecule has 0 radical (unpaired) electrons. The molecular weight excluding hydrogens is 280 g/mol. The number of esters is 1. The standard InChI is InChI=1S/C17H16N2O3/c1-21-13-8-6-12(7-9-13)10-19-11-15-14(17(20)22-2)4-3-5-16(15)18-19/h3-9,11H,10H2,1-2H3. The molecule has 2 aromatic carbocycles. The lowest BCUT2D eigenvalue weighted by atomic mass is 10.1. The first-order valence-electron chi connectivity index (χ1n) is 6.88. The van der Waals surface area contributed by atoms with Gasteiger partial charge in [-0.2, -0.15) is 5.10 Å². The van der Waals surface area contributed by atoms with Crippen molar-refractivity contribution in [3.8, 4) is 5.75 Å². The van der Waals surface area contributed by atoms with Gasteiger partial charge in [-0.05, 0) is 29.8 Å². The molecule has 0 aliphatic heterocycles. The van der Waals surface area contributed by atoms with Crippen molar-refractivity contribution in [3.63, 3.8) is 0 Å². The zero-order valence-electron chi connectivity index (χ0n) is 12.4. The summed E-state index contributed by atoms with van der Waals surface area (Å²) in [6, 6.07) is 13.2. The number of methoxy groups -OCH3 is 2. The Bertz CT molecular complexity index is 806. The maximum Gasteiger partial charge on any atom is 0.338 e. The molecule has 0 saturated heterocycles. The number of hydrogen-bond acceptors (Lipinski definition) is 4. The summed E-state index contributed by atoms with van der Waals surface area (Å²) >= 11 is 0. The van der Waals surface area contributed by atoms with Crippen LogP contribution in [0, 0.1) is 0 Å². The van der Waals surface area contributed by atoms with Crippen LogP contribution in [-0.2, 0) is 11.3 Å². The van der Waals surface area contributed by atoms with E-state index in [-0.39, 0.29) is 5.97 Å². The Morgan fingerprint density at radius 2 is 1.91 bits per heavy atom. The molecule has 0 aliphatic rings. The monoisotopic (exact) mass is 296 g/mol. The Labute approximate surface area is 128 Å². The van der Waals surface area contributed by atoms with E-state index in [1.165, 1.54) is 7.11 Å². The minimum atomic E-state index is -0.352. The van der Waals surface area contributed by atoms with Crippen LogP contribution in [0.4, 0.5) is 0 Å². The quantitative estimate of drug-likeness (QED) is 0.695. The molecule has 112 valence electrons. The number of carbonyl (C=O) groups is 1. The van der Waals surface area contributed by atoms with Crippen molar-refractivity contribution in [2.24, 2.45) is 0 Å². The van der Waals surface area contributed by atoms with E-state index < -0.39 is 0 Å². The lowest BCUT2D eigenvalue weighted by Crippen LogP contribution is -2.01. The molecule has 0 unspecified atom stereocenters. The number of nitrogens with zero attached hydrogens (tertiary/aromatic N) is 2. The van der Waals surface area contributed by atoms with Crippen molar-refractivity contribution in [1.29, 1.82) is 0 Å². The number of aromatic nitrogens is 2. The Morgan fingerprint density at radius 3 is 2.59 bits per heavy atom. The Hall–Kier alpha value is -2.82. The van der Waals surface area contributed by atoms with Crippen LogP contribution < -0.4 is 4.74 Å². The third-order valence-electron chi connectivity index (χ3n) is 3.51. The van der Waals surface area contributed by atoms with Gasteiger partial charge in [0.1, 0.15) is 5.75 Å². The second kappa shape index (κ2) is 5.89. The molecule has 5 heteroatoms. The summed E-state index contributed by atoms with van der Waals surface area (Å²) in [6.07, 6.45) is 1.87. The van der Waals surface area contributed by atoms with Crippen LogP contribution in [0.5, 0.6) is 5.75 Å². The van der Waals surface area contributed by atoms with Gasteiger partial charge < -0.3 is 9.47 Å². The number of benzene rings is 2. The van der Waals surface area contributed by atoms with Crippen molar-refractivity contribution >= 4 is 16.9 Å². The number of fused-ring (bicyclic) bond motifs is 1. The maximum atomic E-state index is 11.8. The van der Waals surface area contributed by atoms with E-state index >= 15 is 0 Å². The first kappa shape index (κ1) is 14.1. The fourth-order valence-corrected chi connectivity index (χ4v) is 2.38. The molecular formula is C17H16N2O3. The second-order valence-electron chi connectivity index (χ2n) is 4.90. The maximum absolute atomic E-state index is 11.8. The Morgan fingerprint density at radius 1 is 1.14 bits per heavy atom. The smallest absolute Gasteiger partial charge is 0.338 e. The van der Waals surface area contributed by atoms with Gasteiger partial charge in [0.15, 0.2) is 0 Å². The number of hydrogen-bond donors (Lipinski definition) is 0. The first-order chi connectivity index (χ1) is 10.7. The van der Waals surface area contributed by atoms with Gasteiger partial charge in [0.25, 0.3) is 0 Å². The van der Waals surface area contributed by atoms with Crippen molar-refractivity contribution in [1.82, 2.24) is 9.78 Å². The van der Waals surface area contributed by atoms with Crippen LogP contribution in [0.3, 0.4) is 0 Å². The van der Waals surface area contributed by atoms with Gasteiger partial charge in [-0.15, -0.1) is 0 Å². The van der Waals surface area contributed by atoms with Gasteiger partial charge in [-0.1, -0.05) is 18.2 Å². The lowest BCUT2D eigenvalue weighted by molar-refractivity contribution is 0.0603. The molecule has 0 bridgehead atoms. The molecule has 1 heterocycles. The van der Waals surface area contributed by atoms with E-state index in [1.54, 1.807) is 19.2 Å². The van der Waals surface area contributed by atoms with Gasteiger partial charge in [0.2, 0.25) is 0 Å². The predicted octanol–water partition coefficient (Wildman–Crippen LogP) is 2.88. The molecule has 0 saturated carbocycles. The van der Waals surface area contributed by atoms with E-state index in [1.807, 2.05) is 41.2 Å². The van der Waals surface area contributed by atoms with E-state index in [4.69, 9.17) is 9.47 Å². The number of ether oxygens (including phenoxy) is 2. The van der Waals surface area contributed by atoms with Gasteiger partial charge >= 0.3 is 5.97 Å². The number of rotatable bonds is 4. The lowest BCUT2D eigenvalue weighted by Gasteiger charge is -2.03. The van der Waals surface area contributed by atoms with Crippen LogP contribution in [-0.4, -0.2) is 30.0 Å². The minimum absolute atomic E-state index is 0.352. The molecule has 0 fully saturated rings. The van der Waals surface area contributed by atoms with Crippen LogP contribution in [0.25, 0.3) is 10.9 Å². The third-order valence-corrected chi connectivity index (χ3v) is 3.51. The fourth-order valence-electron chi connectivity index (χ4n) is 2.38. The molecule has 3 aromatic rings. The molecule has 0 amide bonds. The van der Waals surface area contributed by atoms with Crippen LogP contribution >= 0.6 is 0 Å². The van der Waals surface area contributed by atoms with Crippen LogP contribution in [0.15, 0.2) is 48.7 Å². The van der Waals surface area contributed by atoms with Gasteiger partial charge in [-0.25, -0.2) is 4.79 Å². The minimum Gasteiger partial charge on any atom is -0.497 e. The molecule has 5 nitrogen and oxygen atoms in total. The van der Waals surface area contributed by atoms with Crippen molar-refractivity contribution in [3.05, 3.63) is 59.8 Å². The highest BCUT2D eigenvalue weighted by atomic mass is 16.5. The largest absolute Gasteiger partial charge is 0.497 e. The molecule has 22 heavy (non-hydrogen) atoms. The normalized spacial score (nSPS) is 10.6. The van der Waals surface area contributed by atoms with E-state index in [0.717, 1.165) is 22.2 Å². The fraction of sp³-hybridized carbons (Fsp3) is 0.176. The molecule has 1 aromatic heterocycles. The Kier molecular flexibility index (Phi) is 3.78. The zero-order valence-corrected chi connectivity index (χ0v) is 12.4. The van der Waals surface area contributed by atoms with E-state index in [2.05, 4.69) is 5.10 Å². The summed E-state index contributed by atoms with van der Waals surface area (Å²) in [4.78, 5) is 11.8. The summed E-state index contributed by atoms with van der Waals surface area (Å²) in [6.45, 7) is 0.624. The summed E-state index contributed by atoms with van der Waals surface area (Å²) in [5.41, 5.74) is 2.41. The van der Waals surface area contributed by atoms with Crippen molar-refractivity contribution < 1.29 is 14.3 Å². The highest BCUT2D eigenvalue weighted by Gasteiger charge is 2.12. The highest BCUT2D eigenvalue weighted by Crippen LogP contribution is 2.19. The predicted molar refractivity (Wildman–Crippen MR) is 83.2 cm³/mol. The average Bonchev–Trinajstić information content (AvgIpc) is 2.97. The first-order valence-corrected chi connectivity index (χ1v) is 6.88. The van der Waals surface area contributed by atoms with E-state index in [9.17, 15) is 4.79 Å². The van der Waals surface area contributed by atoms with Crippen molar-refractivity contribution in [2.45, 2.75) is 6.54 Å². The van der Waals surface area contributed by atoms with Crippen LogP contribution in [0.2, 0.25) is 0 Å². The summed E-state index contributed by atoms with van der Waals surface area (Å²) in [5.74, 6) is 0.469. The van der Waals surface area contributed by atoms with Gasteiger partial charge in [0, 0.05) is 11.6 Å². The molecule has 0 N–H and O–H groups in total. The Balaban J connectivity index is 1.93. The highest BCUT2D eigenvalue weighted by molar-refractivity contribution is 6.03. The van der Waals surface area contributed by atoms with Crippen LogP contribution in [0.1, 0.15) is 15.9 Å². The second-order valence-corrected chi connectivity index (χ2v) is 4.90.